The van der Waals surface area contributed by atoms with E-state index in [1.54, 1.807) is 67.3 Å². The molecule has 1 N–H and O–H groups in total. The maximum Gasteiger partial charge on any atom is 0.263 e. The van der Waals surface area contributed by atoms with Gasteiger partial charge in [-0.25, -0.2) is 0 Å². The molecule has 4 aromatic rings. The number of hydrogen-bond donors (Lipinski definition) is 1. The lowest BCUT2D eigenvalue weighted by Crippen LogP contribution is -2.06. The molecule has 148 valence electrons. The van der Waals surface area contributed by atoms with Crippen LogP contribution in [-0.4, -0.2) is 35.6 Å². The van der Waals surface area contributed by atoms with Crippen molar-refractivity contribution in [1.82, 2.24) is 4.57 Å². The van der Waals surface area contributed by atoms with Crippen molar-refractivity contribution in [2.75, 3.05) is 14.2 Å². The Labute approximate surface area is 171 Å². The van der Waals surface area contributed by atoms with Crippen LogP contribution in [-0.2, 0) is 0 Å². The Morgan fingerprint density at radius 2 is 1.53 bits per heavy atom. The second-order valence-corrected chi connectivity index (χ2v) is 7.03. The Morgan fingerprint density at radius 3 is 2.23 bits per heavy atom. The van der Waals surface area contributed by atoms with E-state index in [4.69, 9.17) is 9.47 Å². The zero-order chi connectivity index (χ0) is 21.0. The minimum Gasteiger partial charge on any atom is -0.508 e. The van der Waals surface area contributed by atoms with Gasteiger partial charge < -0.3 is 14.6 Å². The molecule has 1 aromatic heterocycles. The molecule has 0 spiro atoms. The van der Waals surface area contributed by atoms with Gasteiger partial charge in [-0.3, -0.25) is 14.2 Å². The van der Waals surface area contributed by atoms with Gasteiger partial charge in [0.2, 0.25) is 0 Å². The number of hydrogen-bond acceptors (Lipinski definition) is 5. The fourth-order valence-corrected chi connectivity index (χ4v) is 4.00. The van der Waals surface area contributed by atoms with Crippen molar-refractivity contribution in [2.24, 2.45) is 0 Å². The van der Waals surface area contributed by atoms with Gasteiger partial charge in [0.05, 0.1) is 31.0 Å². The number of rotatable bonds is 4. The monoisotopic (exact) mass is 399 g/mol. The summed E-state index contributed by atoms with van der Waals surface area (Å²) in [6.45, 7) is 0. The minimum atomic E-state index is -0.245. The van der Waals surface area contributed by atoms with E-state index in [-0.39, 0.29) is 17.4 Å². The predicted molar refractivity (Wildman–Crippen MR) is 112 cm³/mol. The van der Waals surface area contributed by atoms with E-state index in [1.165, 1.54) is 12.1 Å². The highest BCUT2D eigenvalue weighted by Crippen LogP contribution is 2.44. The zero-order valence-electron chi connectivity index (χ0n) is 16.3. The summed E-state index contributed by atoms with van der Waals surface area (Å²) < 4.78 is 12.3. The molecule has 6 heteroatoms. The summed E-state index contributed by atoms with van der Waals surface area (Å²) in [7, 11) is 3.11. The Bertz CT molecular complexity index is 1350. The predicted octanol–water partition coefficient (Wildman–Crippen LogP) is 4.26. The molecule has 1 aliphatic rings. The second kappa shape index (κ2) is 6.49. The first-order valence-corrected chi connectivity index (χ1v) is 9.32. The van der Waals surface area contributed by atoms with Gasteiger partial charge in [-0.15, -0.1) is 0 Å². The van der Waals surface area contributed by atoms with Gasteiger partial charge >= 0.3 is 0 Å². The fraction of sp³-hybridized carbons (Fsp3) is 0.0833. The molecule has 0 bridgehead atoms. The highest BCUT2D eigenvalue weighted by atomic mass is 16.5. The number of aromatic nitrogens is 1. The van der Waals surface area contributed by atoms with E-state index in [2.05, 4.69) is 0 Å². The third-order valence-electron chi connectivity index (χ3n) is 5.45. The van der Waals surface area contributed by atoms with Crippen LogP contribution in [0, 0.1) is 0 Å². The lowest BCUT2D eigenvalue weighted by Gasteiger charge is -2.07. The number of fused-ring (bicyclic) bond motifs is 5. The number of carbonyl (C=O) groups is 2. The van der Waals surface area contributed by atoms with Gasteiger partial charge in [-0.2, -0.15) is 0 Å². The van der Waals surface area contributed by atoms with E-state index < -0.39 is 0 Å². The van der Waals surface area contributed by atoms with Gasteiger partial charge in [0.1, 0.15) is 17.2 Å². The summed E-state index contributed by atoms with van der Waals surface area (Å²) in [6, 6.07) is 16.6. The molecule has 0 aliphatic carbocycles. The molecule has 0 saturated carbocycles. The summed E-state index contributed by atoms with van der Waals surface area (Å²) in [5.41, 5.74) is 3.16. The van der Waals surface area contributed by atoms with Crippen LogP contribution >= 0.6 is 0 Å². The first kappa shape index (κ1) is 18.0. The molecule has 3 aromatic carbocycles. The molecule has 0 radical (unpaired) electrons. The number of methoxy groups -OCH3 is 2. The second-order valence-electron chi connectivity index (χ2n) is 7.03. The number of nitrogens with zero attached hydrogens (tertiary/aromatic N) is 1. The molecule has 5 rings (SSSR count). The summed E-state index contributed by atoms with van der Waals surface area (Å²) in [5, 5.41) is 10.2. The van der Waals surface area contributed by atoms with Crippen LogP contribution in [0.25, 0.3) is 22.2 Å². The molecular formula is C24H17NO5. The molecule has 0 atom stereocenters. The number of aromatic hydroxyl groups is 1. The summed E-state index contributed by atoms with van der Waals surface area (Å²) in [6.07, 6.45) is 0. The smallest absolute Gasteiger partial charge is 0.263 e. The molecule has 0 fully saturated rings. The van der Waals surface area contributed by atoms with Gasteiger partial charge in [0, 0.05) is 22.1 Å². The summed E-state index contributed by atoms with van der Waals surface area (Å²) in [5.74, 6) is 0.823. The highest BCUT2D eigenvalue weighted by molar-refractivity contribution is 6.26. The fourth-order valence-electron chi connectivity index (χ4n) is 4.00. The normalized spacial score (nSPS) is 12.0. The molecule has 2 heterocycles. The van der Waals surface area contributed by atoms with E-state index in [0.29, 0.717) is 50.3 Å². The summed E-state index contributed by atoms with van der Waals surface area (Å²) in [4.78, 5) is 26.8. The third-order valence-corrected chi connectivity index (χ3v) is 5.45. The molecule has 0 amide bonds. The van der Waals surface area contributed by atoms with Gasteiger partial charge in [0.15, 0.2) is 5.78 Å². The molecule has 1 aliphatic heterocycles. The van der Waals surface area contributed by atoms with E-state index in [0.717, 1.165) is 0 Å². The van der Waals surface area contributed by atoms with Crippen LogP contribution in [0.15, 0.2) is 60.7 Å². The number of phenolic OH excluding ortho intramolecular Hbond substituents is 1. The van der Waals surface area contributed by atoms with E-state index >= 15 is 0 Å². The average molecular weight is 399 g/mol. The molecular weight excluding hydrogens is 382 g/mol. The maximum absolute atomic E-state index is 13.6. The first-order valence-electron chi connectivity index (χ1n) is 9.32. The average Bonchev–Trinajstić information content (AvgIpc) is 3.25. The quantitative estimate of drug-likeness (QED) is 0.457. The van der Waals surface area contributed by atoms with Crippen molar-refractivity contribution >= 4 is 22.6 Å². The van der Waals surface area contributed by atoms with Crippen molar-refractivity contribution in [2.45, 2.75) is 0 Å². The van der Waals surface area contributed by atoms with Crippen molar-refractivity contribution in [1.29, 1.82) is 0 Å². The van der Waals surface area contributed by atoms with Gasteiger partial charge in [-0.1, -0.05) is 0 Å². The molecule has 0 saturated heterocycles. The first-order chi connectivity index (χ1) is 14.5. The molecule has 6 nitrogen and oxygen atoms in total. The zero-order valence-corrected chi connectivity index (χ0v) is 16.3. The number of carbonyl (C=O) groups excluding carboxylic acids is 2. The van der Waals surface area contributed by atoms with Crippen LogP contribution in [0.4, 0.5) is 0 Å². The van der Waals surface area contributed by atoms with Crippen molar-refractivity contribution in [3.63, 3.8) is 0 Å². The number of ketones is 1. The lowest BCUT2D eigenvalue weighted by atomic mass is 9.95. The van der Waals surface area contributed by atoms with Crippen molar-refractivity contribution in [3.8, 4) is 28.5 Å². The van der Waals surface area contributed by atoms with Crippen molar-refractivity contribution in [3.05, 3.63) is 77.4 Å². The maximum atomic E-state index is 13.6. The standard InChI is InChI=1S/C24H17NO5/c1-29-15-7-9-17-18(11-15)22-21(23(27)13-3-5-14(26)6-4-13)19-12-16(30-2)8-10-20(19)25(22)24(17)28/h3-12,26H,1-2H3. The summed E-state index contributed by atoms with van der Waals surface area (Å²) >= 11 is 0. The number of benzene rings is 3. The Kier molecular flexibility index (Phi) is 3.89. The Morgan fingerprint density at radius 1 is 0.867 bits per heavy atom. The van der Waals surface area contributed by atoms with E-state index in [9.17, 15) is 14.7 Å². The van der Waals surface area contributed by atoms with Crippen LogP contribution < -0.4 is 9.47 Å². The van der Waals surface area contributed by atoms with Crippen LogP contribution in [0.3, 0.4) is 0 Å². The lowest BCUT2D eigenvalue weighted by molar-refractivity contribution is 0.0973. The Hall–Kier alpha value is -4.06. The largest absolute Gasteiger partial charge is 0.508 e. The van der Waals surface area contributed by atoms with Gasteiger partial charge in [-0.05, 0) is 60.7 Å². The third kappa shape index (κ3) is 2.43. The number of phenols is 1. The van der Waals surface area contributed by atoms with Crippen LogP contribution in [0.1, 0.15) is 26.3 Å². The van der Waals surface area contributed by atoms with E-state index in [1.807, 2.05) is 0 Å². The minimum absolute atomic E-state index is 0.0745. The molecule has 0 unspecified atom stereocenters. The highest BCUT2D eigenvalue weighted by Gasteiger charge is 2.35. The van der Waals surface area contributed by atoms with Crippen molar-refractivity contribution < 1.29 is 24.2 Å². The number of ether oxygens (including phenoxy) is 2. The SMILES string of the molecule is COc1ccc2c(c1)-c1c(C(=O)c3ccc(O)cc3)c3cc(OC)ccc3n1C2=O. The van der Waals surface area contributed by atoms with Crippen LogP contribution in [0.5, 0.6) is 17.2 Å². The van der Waals surface area contributed by atoms with Crippen LogP contribution in [0.2, 0.25) is 0 Å². The Balaban J connectivity index is 1.86. The molecule has 30 heavy (non-hydrogen) atoms. The van der Waals surface area contributed by atoms with Gasteiger partial charge in [0.25, 0.3) is 5.91 Å². The topological polar surface area (TPSA) is 77.8 Å².